The minimum absolute atomic E-state index is 0.00572. The summed E-state index contributed by atoms with van der Waals surface area (Å²) in [6.07, 6.45) is -0.846. The molecule has 1 fully saturated rings. The average Bonchev–Trinajstić information content (AvgIpc) is 2.74. The molecule has 1 amide bonds. The first-order chi connectivity index (χ1) is 8.90. The number of halogens is 1. The predicted octanol–water partition coefficient (Wildman–Crippen LogP) is 0.657. The van der Waals surface area contributed by atoms with Gasteiger partial charge < -0.3 is 20.2 Å². The van der Waals surface area contributed by atoms with E-state index in [4.69, 9.17) is 5.11 Å². The van der Waals surface area contributed by atoms with Crippen molar-refractivity contribution in [2.24, 2.45) is 0 Å². The molecule has 0 bridgehead atoms. The fraction of sp³-hybridized carbons (Fsp3) is 0.333. The van der Waals surface area contributed by atoms with Crippen molar-refractivity contribution in [3.63, 3.8) is 0 Å². The van der Waals surface area contributed by atoms with Crippen molar-refractivity contribution in [3.8, 4) is 5.75 Å². The molecule has 0 spiro atoms. The number of aliphatic hydroxyl groups is 1. The Morgan fingerprint density at radius 1 is 1.37 bits per heavy atom. The first-order valence-electron chi connectivity index (χ1n) is 5.60. The van der Waals surface area contributed by atoms with Crippen LogP contribution >= 0.6 is 22.6 Å². The van der Waals surface area contributed by atoms with Crippen LogP contribution in [0, 0.1) is 3.57 Å². The zero-order valence-corrected chi connectivity index (χ0v) is 11.9. The first kappa shape index (κ1) is 14.1. The molecule has 1 aliphatic heterocycles. The Balaban J connectivity index is 2.33. The number of rotatable bonds is 2. The molecule has 0 saturated carbocycles. The van der Waals surface area contributed by atoms with E-state index in [1.807, 2.05) is 22.6 Å². The number of carboxylic acids is 1. The Kier molecular flexibility index (Phi) is 3.95. The summed E-state index contributed by atoms with van der Waals surface area (Å²) in [5.74, 6) is -1.94. The largest absolute Gasteiger partial charge is 0.507 e. The zero-order chi connectivity index (χ0) is 14.2. The average molecular weight is 377 g/mol. The van der Waals surface area contributed by atoms with E-state index in [1.54, 1.807) is 6.07 Å². The van der Waals surface area contributed by atoms with Crippen molar-refractivity contribution >= 4 is 34.5 Å². The van der Waals surface area contributed by atoms with E-state index >= 15 is 0 Å². The number of hydrogen-bond donors (Lipinski definition) is 3. The van der Waals surface area contributed by atoms with Gasteiger partial charge >= 0.3 is 5.97 Å². The molecule has 0 aliphatic carbocycles. The van der Waals surface area contributed by atoms with Gasteiger partial charge in [0.15, 0.2) is 0 Å². The molecule has 0 unspecified atom stereocenters. The highest BCUT2D eigenvalue weighted by Crippen LogP contribution is 2.26. The second kappa shape index (κ2) is 5.33. The summed E-state index contributed by atoms with van der Waals surface area (Å²) in [5.41, 5.74) is 0.0484. The number of hydrogen-bond acceptors (Lipinski definition) is 4. The number of carbonyl (C=O) groups excluding carboxylic acids is 1. The molecule has 0 aromatic heterocycles. The molecule has 1 aromatic rings. The van der Waals surface area contributed by atoms with E-state index in [2.05, 4.69) is 0 Å². The van der Waals surface area contributed by atoms with E-state index in [9.17, 15) is 19.8 Å². The van der Waals surface area contributed by atoms with Gasteiger partial charge in [-0.3, -0.25) is 4.79 Å². The smallest absolute Gasteiger partial charge is 0.326 e. The van der Waals surface area contributed by atoms with Crippen LogP contribution in [-0.2, 0) is 4.79 Å². The lowest BCUT2D eigenvalue weighted by atomic mass is 10.1. The summed E-state index contributed by atoms with van der Waals surface area (Å²) in [5, 5.41) is 28.3. The Hall–Kier alpha value is -1.35. The third-order valence-electron chi connectivity index (χ3n) is 3.01. The van der Waals surface area contributed by atoms with E-state index in [0.717, 1.165) is 8.47 Å². The molecular weight excluding hydrogens is 365 g/mol. The fourth-order valence-corrected chi connectivity index (χ4v) is 2.60. The van der Waals surface area contributed by atoms with Gasteiger partial charge in [-0.1, -0.05) is 0 Å². The highest BCUT2D eigenvalue weighted by Gasteiger charge is 2.39. The summed E-state index contributed by atoms with van der Waals surface area (Å²) in [6.45, 7) is -0.0410. The van der Waals surface area contributed by atoms with Crippen LogP contribution in [0.15, 0.2) is 18.2 Å². The van der Waals surface area contributed by atoms with Crippen molar-refractivity contribution in [3.05, 3.63) is 27.3 Å². The number of phenols is 1. The zero-order valence-electron chi connectivity index (χ0n) is 9.78. The van der Waals surface area contributed by atoms with E-state index < -0.39 is 24.0 Å². The maximum atomic E-state index is 12.3. The molecule has 1 heterocycles. The molecule has 2 rings (SSSR count). The number of aromatic hydroxyl groups is 1. The van der Waals surface area contributed by atoms with Crippen LogP contribution in [0.2, 0.25) is 0 Å². The number of likely N-dealkylation sites (tertiary alicyclic amines) is 1. The van der Waals surface area contributed by atoms with Crippen molar-refractivity contribution in [2.75, 3.05) is 6.54 Å². The number of benzene rings is 1. The number of aliphatic carboxylic acids is 1. The highest BCUT2D eigenvalue weighted by molar-refractivity contribution is 14.1. The predicted molar refractivity (Wildman–Crippen MR) is 73.9 cm³/mol. The topological polar surface area (TPSA) is 98.1 Å². The SMILES string of the molecule is O=C(O)[C@@H]1C[C@@H](O)CN1C(=O)c1cc(I)ccc1O. The van der Waals surface area contributed by atoms with Crippen LogP contribution in [0.25, 0.3) is 0 Å². The molecule has 3 N–H and O–H groups in total. The van der Waals surface area contributed by atoms with E-state index in [1.165, 1.54) is 12.1 Å². The molecule has 1 saturated heterocycles. The van der Waals surface area contributed by atoms with Crippen molar-refractivity contribution < 1.29 is 24.9 Å². The van der Waals surface area contributed by atoms with Gasteiger partial charge in [0, 0.05) is 16.5 Å². The lowest BCUT2D eigenvalue weighted by Gasteiger charge is -2.21. The normalized spacial score (nSPS) is 22.5. The van der Waals surface area contributed by atoms with Crippen LogP contribution in [0.4, 0.5) is 0 Å². The molecule has 6 nitrogen and oxygen atoms in total. The Bertz CT molecular complexity index is 533. The molecule has 0 radical (unpaired) electrons. The van der Waals surface area contributed by atoms with Gasteiger partial charge in [-0.2, -0.15) is 0 Å². The van der Waals surface area contributed by atoms with Crippen LogP contribution in [0.3, 0.4) is 0 Å². The number of amides is 1. The number of β-amino-alcohol motifs (C(OH)–C–C–N with tert-alkyl or cyclic N) is 1. The van der Waals surface area contributed by atoms with E-state index in [-0.39, 0.29) is 24.3 Å². The minimum atomic E-state index is -1.16. The number of aliphatic hydroxyl groups excluding tert-OH is 1. The molecular formula is C12H12INO5. The van der Waals surface area contributed by atoms with Gasteiger partial charge in [0.25, 0.3) is 5.91 Å². The third-order valence-corrected chi connectivity index (χ3v) is 3.68. The fourth-order valence-electron chi connectivity index (χ4n) is 2.11. The Morgan fingerprint density at radius 2 is 2.05 bits per heavy atom. The summed E-state index contributed by atoms with van der Waals surface area (Å²) in [7, 11) is 0. The Morgan fingerprint density at radius 3 is 2.68 bits per heavy atom. The summed E-state index contributed by atoms with van der Waals surface area (Å²) >= 11 is 1.99. The van der Waals surface area contributed by atoms with Gasteiger partial charge in [-0.05, 0) is 40.8 Å². The van der Waals surface area contributed by atoms with E-state index in [0.29, 0.717) is 0 Å². The summed E-state index contributed by atoms with van der Waals surface area (Å²) < 4.78 is 0.755. The number of carboxylic acid groups (broad SMARTS) is 1. The number of phenolic OH excluding ortho intramolecular Hbond substituents is 1. The lowest BCUT2D eigenvalue weighted by molar-refractivity contribution is -0.141. The highest BCUT2D eigenvalue weighted by atomic mass is 127. The van der Waals surface area contributed by atoms with Crippen LogP contribution in [-0.4, -0.2) is 50.8 Å². The van der Waals surface area contributed by atoms with Gasteiger partial charge in [-0.15, -0.1) is 0 Å². The molecule has 2 atom stereocenters. The Labute approximate surface area is 122 Å². The molecule has 1 aliphatic rings. The first-order valence-corrected chi connectivity index (χ1v) is 6.68. The quantitative estimate of drug-likeness (QED) is 0.658. The van der Waals surface area contributed by atoms with Crippen molar-refractivity contribution in [1.82, 2.24) is 4.90 Å². The van der Waals surface area contributed by atoms with Gasteiger partial charge in [0.2, 0.25) is 0 Å². The second-order valence-corrected chi connectivity index (χ2v) is 5.61. The minimum Gasteiger partial charge on any atom is -0.507 e. The van der Waals surface area contributed by atoms with Crippen molar-refractivity contribution in [2.45, 2.75) is 18.6 Å². The lowest BCUT2D eigenvalue weighted by Crippen LogP contribution is -2.40. The van der Waals surface area contributed by atoms with Crippen LogP contribution in [0.1, 0.15) is 16.8 Å². The molecule has 102 valence electrons. The molecule has 19 heavy (non-hydrogen) atoms. The van der Waals surface area contributed by atoms with Gasteiger partial charge in [0.1, 0.15) is 11.8 Å². The standard InChI is InChI=1S/C12H12INO5/c13-6-1-2-10(16)8(3-6)11(17)14-5-7(15)4-9(14)12(18)19/h1-3,7,9,15-16H,4-5H2,(H,18,19)/t7-,9+/m1/s1. The van der Waals surface area contributed by atoms with Gasteiger partial charge in [0.05, 0.1) is 11.7 Å². The van der Waals surface area contributed by atoms with Crippen LogP contribution in [0.5, 0.6) is 5.75 Å². The molecule has 1 aromatic carbocycles. The maximum Gasteiger partial charge on any atom is 0.326 e. The number of carbonyl (C=O) groups is 2. The van der Waals surface area contributed by atoms with Crippen LogP contribution < -0.4 is 0 Å². The third kappa shape index (κ3) is 2.81. The second-order valence-electron chi connectivity index (χ2n) is 4.36. The monoisotopic (exact) mass is 377 g/mol. The maximum absolute atomic E-state index is 12.3. The van der Waals surface area contributed by atoms with Gasteiger partial charge in [-0.25, -0.2) is 4.79 Å². The van der Waals surface area contributed by atoms with Crippen molar-refractivity contribution in [1.29, 1.82) is 0 Å². The summed E-state index contributed by atoms with van der Waals surface area (Å²) in [6, 6.07) is 3.46. The number of nitrogens with zero attached hydrogens (tertiary/aromatic N) is 1. The molecule has 7 heteroatoms. The summed E-state index contributed by atoms with van der Waals surface area (Å²) in [4.78, 5) is 24.4.